The molecule has 1 N–H and O–H groups in total. The highest BCUT2D eigenvalue weighted by molar-refractivity contribution is 5.94. The van der Waals surface area contributed by atoms with Gasteiger partial charge in [-0.25, -0.2) is 4.39 Å². The van der Waals surface area contributed by atoms with Crippen molar-refractivity contribution in [2.24, 2.45) is 5.92 Å². The molecule has 0 aliphatic carbocycles. The molecule has 1 aliphatic rings. The molecule has 122 valence electrons. The van der Waals surface area contributed by atoms with Crippen LogP contribution in [0.3, 0.4) is 0 Å². The van der Waals surface area contributed by atoms with Gasteiger partial charge >= 0.3 is 0 Å². The van der Waals surface area contributed by atoms with E-state index in [4.69, 9.17) is 4.74 Å². The molecule has 0 unspecified atom stereocenters. The first-order chi connectivity index (χ1) is 10.3. The Bertz CT molecular complexity index is 540. The number of benzene rings is 1. The number of amides is 1. The van der Waals surface area contributed by atoms with E-state index >= 15 is 0 Å². The summed E-state index contributed by atoms with van der Waals surface area (Å²) in [6.45, 7) is 9.33. The van der Waals surface area contributed by atoms with E-state index in [9.17, 15) is 9.18 Å². The summed E-state index contributed by atoms with van der Waals surface area (Å²) in [6.07, 6.45) is 1.09. The molecule has 0 spiro atoms. The van der Waals surface area contributed by atoms with Crippen LogP contribution >= 0.6 is 0 Å². The molecule has 1 amide bonds. The average Bonchev–Trinajstić information content (AvgIpc) is 2.94. The lowest BCUT2D eigenvalue weighted by atomic mass is 10.1. The number of rotatable bonds is 4. The second kappa shape index (κ2) is 6.65. The zero-order chi connectivity index (χ0) is 16.3. The highest BCUT2D eigenvalue weighted by Crippen LogP contribution is 2.24. The van der Waals surface area contributed by atoms with Crippen molar-refractivity contribution in [3.05, 3.63) is 29.6 Å². The molecule has 1 aromatic carbocycles. The van der Waals surface area contributed by atoms with E-state index in [0.29, 0.717) is 18.0 Å². The molecule has 5 heteroatoms. The predicted molar refractivity (Wildman–Crippen MR) is 84.7 cm³/mol. The molecule has 1 saturated heterocycles. The summed E-state index contributed by atoms with van der Waals surface area (Å²) in [5, 5.41) is 2.94. The number of nitrogens with one attached hydrogen (secondary N) is 1. The minimum absolute atomic E-state index is 0.0902. The number of hydrogen-bond donors (Lipinski definition) is 1. The Morgan fingerprint density at radius 2 is 2.18 bits per heavy atom. The number of methoxy groups -OCH3 is 1. The molecule has 0 aromatic heterocycles. The minimum atomic E-state index is -0.462. The fraction of sp³-hybridized carbons (Fsp3) is 0.588. The highest BCUT2D eigenvalue weighted by Gasteiger charge is 2.30. The number of carbonyl (C=O) groups excluding carboxylic acids is 1. The van der Waals surface area contributed by atoms with Gasteiger partial charge in [0.2, 0.25) is 0 Å². The van der Waals surface area contributed by atoms with E-state index in [1.165, 1.54) is 25.3 Å². The van der Waals surface area contributed by atoms with Gasteiger partial charge in [-0.05, 0) is 57.9 Å². The third-order valence-corrected chi connectivity index (χ3v) is 4.20. The van der Waals surface area contributed by atoms with Crippen LogP contribution in [0.4, 0.5) is 4.39 Å². The van der Waals surface area contributed by atoms with Gasteiger partial charge in [0.15, 0.2) is 11.6 Å². The van der Waals surface area contributed by atoms with Crippen molar-refractivity contribution < 1.29 is 13.9 Å². The molecular weight excluding hydrogens is 283 g/mol. The second-order valence-electron chi connectivity index (χ2n) is 6.83. The minimum Gasteiger partial charge on any atom is -0.494 e. The molecule has 1 atom stereocenters. The Morgan fingerprint density at radius 3 is 2.77 bits per heavy atom. The molecule has 0 radical (unpaired) electrons. The van der Waals surface area contributed by atoms with Crippen LogP contribution in [0.15, 0.2) is 18.2 Å². The van der Waals surface area contributed by atoms with E-state index in [0.717, 1.165) is 19.5 Å². The zero-order valence-corrected chi connectivity index (χ0v) is 13.8. The lowest BCUT2D eigenvalue weighted by Gasteiger charge is -2.31. The predicted octanol–water partition coefficient (Wildman–Crippen LogP) is 2.68. The summed E-state index contributed by atoms with van der Waals surface area (Å²) < 4.78 is 18.3. The molecule has 1 aliphatic heterocycles. The van der Waals surface area contributed by atoms with Gasteiger partial charge in [-0.2, -0.15) is 0 Å². The third kappa shape index (κ3) is 3.97. The van der Waals surface area contributed by atoms with Gasteiger partial charge in [0.1, 0.15) is 0 Å². The topological polar surface area (TPSA) is 41.6 Å². The second-order valence-corrected chi connectivity index (χ2v) is 6.83. The standard InChI is InChI=1S/C17H25FN2O2/c1-17(2,3)20-8-7-12(11-20)10-19-16(21)13-5-6-14(18)15(9-13)22-4/h5-6,9,12H,7-8,10-11H2,1-4H3,(H,19,21)/t12-/m1/s1. The molecular formula is C17H25FN2O2. The summed E-state index contributed by atoms with van der Waals surface area (Å²) in [6, 6.07) is 4.16. The molecule has 22 heavy (non-hydrogen) atoms. The highest BCUT2D eigenvalue weighted by atomic mass is 19.1. The summed E-state index contributed by atoms with van der Waals surface area (Å²) in [5.41, 5.74) is 0.590. The van der Waals surface area contributed by atoms with Crippen molar-refractivity contribution in [3.8, 4) is 5.75 Å². The van der Waals surface area contributed by atoms with Crippen molar-refractivity contribution in [2.75, 3.05) is 26.7 Å². The molecule has 1 aromatic rings. The summed E-state index contributed by atoms with van der Waals surface area (Å²) in [5.74, 6) is -0.0962. The maximum atomic E-state index is 13.4. The van der Waals surface area contributed by atoms with E-state index in [2.05, 4.69) is 31.0 Å². The normalized spacial score (nSPS) is 19.2. The maximum absolute atomic E-state index is 13.4. The van der Waals surface area contributed by atoms with Crippen LogP contribution in [0.5, 0.6) is 5.75 Å². The Labute approximate surface area is 131 Å². The SMILES string of the molecule is COc1cc(C(=O)NC[C@H]2CCN(C(C)(C)C)C2)ccc1F. The van der Waals surface area contributed by atoms with Crippen molar-refractivity contribution in [3.63, 3.8) is 0 Å². The summed E-state index contributed by atoms with van der Waals surface area (Å²) in [4.78, 5) is 14.6. The number of ether oxygens (including phenoxy) is 1. The fourth-order valence-electron chi connectivity index (χ4n) is 2.75. The van der Waals surface area contributed by atoms with Crippen LogP contribution in [-0.2, 0) is 0 Å². The summed E-state index contributed by atoms with van der Waals surface area (Å²) >= 11 is 0. The van der Waals surface area contributed by atoms with Gasteiger partial charge in [0.25, 0.3) is 5.91 Å². The molecule has 0 bridgehead atoms. The van der Waals surface area contributed by atoms with Crippen LogP contribution in [0.1, 0.15) is 37.6 Å². The van der Waals surface area contributed by atoms with Crippen LogP contribution in [0.2, 0.25) is 0 Å². The Hall–Kier alpha value is -1.62. The fourth-order valence-corrected chi connectivity index (χ4v) is 2.75. The number of carbonyl (C=O) groups is 1. The van der Waals surface area contributed by atoms with Crippen LogP contribution in [-0.4, -0.2) is 43.1 Å². The smallest absolute Gasteiger partial charge is 0.251 e. The average molecular weight is 308 g/mol. The first kappa shape index (κ1) is 16.7. The third-order valence-electron chi connectivity index (χ3n) is 4.20. The van der Waals surface area contributed by atoms with E-state index in [1.54, 1.807) is 0 Å². The first-order valence-electron chi connectivity index (χ1n) is 7.68. The number of hydrogen-bond acceptors (Lipinski definition) is 3. The van der Waals surface area contributed by atoms with Gasteiger partial charge in [-0.3, -0.25) is 9.69 Å². The van der Waals surface area contributed by atoms with Gasteiger partial charge in [-0.1, -0.05) is 0 Å². The van der Waals surface area contributed by atoms with Gasteiger partial charge in [-0.15, -0.1) is 0 Å². The zero-order valence-electron chi connectivity index (χ0n) is 13.8. The lowest BCUT2D eigenvalue weighted by Crippen LogP contribution is -2.40. The quantitative estimate of drug-likeness (QED) is 0.930. The Morgan fingerprint density at radius 1 is 1.45 bits per heavy atom. The maximum Gasteiger partial charge on any atom is 0.251 e. The number of likely N-dealkylation sites (tertiary alicyclic amines) is 1. The molecule has 1 heterocycles. The number of nitrogens with zero attached hydrogens (tertiary/aromatic N) is 1. The van der Waals surface area contributed by atoms with Crippen molar-refractivity contribution in [1.82, 2.24) is 10.2 Å². The van der Waals surface area contributed by atoms with E-state index in [-0.39, 0.29) is 17.2 Å². The largest absolute Gasteiger partial charge is 0.494 e. The van der Waals surface area contributed by atoms with Crippen molar-refractivity contribution >= 4 is 5.91 Å². The lowest BCUT2D eigenvalue weighted by molar-refractivity contribution is 0.0945. The van der Waals surface area contributed by atoms with Crippen LogP contribution < -0.4 is 10.1 Å². The van der Waals surface area contributed by atoms with Gasteiger partial charge < -0.3 is 10.1 Å². The number of halogens is 1. The molecule has 4 nitrogen and oxygen atoms in total. The van der Waals surface area contributed by atoms with Gasteiger partial charge in [0.05, 0.1) is 7.11 Å². The van der Waals surface area contributed by atoms with Gasteiger partial charge in [0, 0.05) is 24.2 Å². The Balaban J connectivity index is 1.89. The summed E-state index contributed by atoms with van der Waals surface area (Å²) in [7, 11) is 1.39. The monoisotopic (exact) mass is 308 g/mol. The van der Waals surface area contributed by atoms with Crippen LogP contribution in [0.25, 0.3) is 0 Å². The van der Waals surface area contributed by atoms with Crippen LogP contribution in [0, 0.1) is 11.7 Å². The molecule has 0 saturated carbocycles. The molecule has 2 rings (SSSR count). The van der Waals surface area contributed by atoms with E-state index in [1.807, 2.05) is 0 Å². The van der Waals surface area contributed by atoms with Crippen molar-refractivity contribution in [2.45, 2.75) is 32.7 Å². The van der Waals surface area contributed by atoms with Crippen molar-refractivity contribution in [1.29, 1.82) is 0 Å². The molecule has 1 fully saturated rings. The van der Waals surface area contributed by atoms with E-state index < -0.39 is 5.82 Å². The first-order valence-corrected chi connectivity index (χ1v) is 7.68. The Kier molecular flexibility index (Phi) is 5.06.